The van der Waals surface area contributed by atoms with Gasteiger partial charge in [0.15, 0.2) is 5.75 Å². The molecular weight excluding hydrogens is 514 g/mol. The maximum atomic E-state index is 13.0. The highest BCUT2D eigenvalue weighted by Gasteiger charge is 2.34. The number of hydrogen-bond donors (Lipinski definition) is 0. The lowest BCUT2D eigenvalue weighted by Gasteiger charge is -2.33. The lowest BCUT2D eigenvalue weighted by atomic mass is 10.1. The van der Waals surface area contributed by atoms with Gasteiger partial charge in [0.25, 0.3) is 5.88 Å². The monoisotopic (exact) mass is 545 g/mol. The van der Waals surface area contributed by atoms with Gasteiger partial charge in [-0.3, -0.25) is 24.3 Å². The van der Waals surface area contributed by atoms with Crippen LogP contribution in [0.3, 0.4) is 0 Å². The third-order valence-electron chi connectivity index (χ3n) is 6.12. The van der Waals surface area contributed by atoms with Gasteiger partial charge in [-0.1, -0.05) is 50.2 Å². The van der Waals surface area contributed by atoms with Crippen LogP contribution < -0.4 is 24.2 Å². The van der Waals surface area contributed by atoms with E-state index in [0.717, 1.165) is 4.90 Å². The van der Waals surface area contributed by atoms with Gasteiger partial charge >= 0.3 is 12.2 Å². The van der Waals surface area contributed by atoms with E-state index in [1.54, 1.807) is 53.4 Å². The Hall–Kier alpha value is -4.77. The van der Waals surface area contributed by atoms with E-state index in [1.165, 1.54) is 36.2 Å². The first-order valence-corrected chi connectivity index (χ1v) is 12.7. The Balaban J connectivity index is 1.62. The van der Waals surface area contributed by atoms with Gasteiger partial charge in [-0.15, -0.1) is 0 Å². The normalized spacial score (nSPS) is 13.8. The number of imide groups is 1. The summed E-state index contributed by atoms with van der Waals surface area (Å²) in [6.07, 6.45) is -0.343. The quantitative estimate of drug-likeness (QED) is 0.407. The van der Waals surface area contributed by atoms with Crippen LogP contribution in [0, 0.1) is 5.92 Å². The average molecular weight is 546 g/mol. The molecule has 0 atom stereocenters. The molecule has 0 radical (unpaired) electrons. The Morgan fingerprint density at radius 1 is 0.850 bits per heavy atom. The number of anilines is 3. The number of benzene rings is 2. The summed E-state index contributed by atoms with van der Waals surface area (Å²) < 4.78 is 11.1. The Bertz CT molecular complexity index is 1360. The predicted octanol–water partition coefficient (Wildman–Crippen LogP) is 4.18. The third-order valence-corrected chi connectivity index (χ3v) is 6.12. The molecule has 1 saturated heterocycles. The highest BCUT2D eigenvalue weighted by molar-refractivity contribution is 6.17. The van der Waals surface area contributed by atoms with Crippen molar-refractivity contribution in [3.8, 4) is 11.6 Å². The molecule has 11 nitrogen and oxygen atoms in total. The Morgan fingerprint density at radius 2 is 1.35 bits per heavy atom. The number of para-hydroxylation sites is 2. The standard InChI is InChI=1S/C29H31N5O6/c1-20(2)17-33-18-25(35)34(26(36)19-33)23-15-24(39-28(37)31(3)21-11-7-5-8-12-21)27(30-16-23)40-29(38)32(4)22-13-9-6-10-14-22/h5-16,20H,17-19H2,1-4H3. The number of hydrogen-bond acceptors (Lipinski definition) is 8. The average Bonchev–Trinajstić information content (AvgIpc) is 2.93. The van der Waals surface area contributed by atoms with Crippen molar-refractivity contribution in [1.82, 2.24) is 9.88 Å². The van der Waals surface area contributed by atoms with Crippen molar-refractivity contribution in [2.75, 3.05) is 48.4 Å². The molecule has 4 rings (SSSR count). The molecule has 2 aromatic carbocycles. The van der Waals surface area contributed by atoms with Crippen molar-refractivity contribution in [3.63, 3.8) is 0 Å². The molecule has 0 bridgehead atoms. The van der Waals surface area contributed by atoms with Gasteiger partial charge in [-0.25, -0.2) is 19.5 Å². The van der Waals surface area contributed by atoms with Crippen LogP contribution in [0.15, 0.2) is 72.9 Å². The second-order valence-electron chi connectivity index (χ2n) is 9.71. The summed E-state index contributed by atoms with van der Waals surface area (Å²) in [5.74, 6) is -1.13. The smallest absolute Gasteiger partial charge is 0.404 e. The van der Waals surface area contributed by atoms with Crippen LogP contribution in [-0.2, 0) is 9.59 Å². The molecule has 1 fully saturated rings. The predicted molar refractivity (Wildman–Crippen MR) is 150 cm³/mol. The summed E-state index contributed by atoms with van der Waals surface area (Å²) in [5.41, 5.74) is 1.23. The Kier molecular flexibility index (Phi) is 8.75. The fraction of sp³-hybridized carbons (Fsp3) is 0.276. The molecule has 1 aliphatic heterocycles. The highest BCUT2D eigenvalue weighted by atomic mass is 16.6. The first kappa shape index (κ1) is 28.2. The van der Waals surface area contributed by atoms with Crippen LogP contribution in [0.5, 0.6) is 11.6 Å². The van der Waals surface area contributed by atoms with E-state index in [-0.39, 0.29) is 36.3 Å². The van der Waals surface area contributed by atoms with Crippen LogP contribution in [0.2, 0.25) is 0 Å². The molecule has 1 aliphatic rings. The fourth-order valence-corrected chi connectivity index (χ4v) is 4.17. The van der Waals surface area contributed by atoms with Crippen molar-refractivity contribution in [2.45, 2.75) is 13.8 Å². The molecule has 3 aromatic rings. The summed E-state index contributed by atoms with van der Waals surface area (Å²) in [6, 6.07) is 18.9. The SMILES string of the molecule is CC(C)CN1CC(=O)N(c2cnc(OC(=O)N(C)c3ccccc3)c(OC(=O)N(C)c3ccccc3)c2)C(=O)C1. The van der Waals surface area contributed by atoms with E-state index < -0.39 is 24.0 Å². The van der Waals surface area contributed by atoms with E-state index in [9.17, 15) is 19.2 Å². The zero-order valence-electron chi connectivity index (χ0n) is 22.8. The number of nitrogens with zero attached hydrogens (tertiary/aromatic N) is 5. The summed E-state index contributed by atoms with van der Waals surface area (Å²) in [7, 11) is 3.04. The van der Waals surface area contributed by atoms with Crippen LogP contribution in [0.1, 0.15) is 13.8 Å². The summed E-state index contributed by atoms with van der Waals surface area (Å²) >= 11 is 0. The van der Waals surface area contributed by atoms with Crippen molar-refractivity contribution in [3.05, 3.63) is 72.9 Å². The molecule has 2 heterocycles. The van der Waals surface area contributed by atoms with Crippen molar-refractivity contribution >= 4 is 41.1 Å². The molecule has 0 unspecified atom stereocenters. The maximum Gasteiger partial charge on any atom is 0.420 e. The number of piperazine rings is 1. The number of carbonyl (C=O) groups excluding carboxylic acids is 4. The summed E-state index contributed by atoms with van der Waals surface area (Å²) in [5, 5.41) is 0. The van der Waals surface area contributed by atoms with E-state index in [1.807, 2.05) is 26.0 Å². The molecule has 208 valence electrons. The van der Waals surface area contributed by atoms with E-state index in [2.05, 4.69) is 4.98 Å². The minimum atomic E-state index is -0.793. The largest absolute Gasteiger partial charge is 0.420 e. The highest BCUT2D eigenvalue weighted by Crippen LogP contribution is 2.32. The van der Waals surface area contributed by atoms with Crippen molar-refractivity contribution in [1.29, 1.82) is 0 Å². The number of aromatic nitrogens is 1. The third kappa shape index (κ3) is 6.62. The first-order valence-electron chi connectivity index (χ1n) is 12.7. The number of rotatable bonds is 7. The molecule has 0 aliphatic carbocycles. The van der Waals surface area contributed by atoms with Crippen LogP contribution in [0.25, 0.3) is 0 Å². The van der Waals surface area contributed by atoms with Gasteiger partial charge in [-0.05, 0) is 30.2 Å². The van der Waals surface area contributed by atoms with Crippen molar-refractivity contribution < 1.29 is 28.7 Å². The topological polar surface area (TPSA) is 113 Å². The van der Waals surface area contributed by atoms with Crippen molar-refractivity contribution in [2.24, 2.45) is 5.92 Å². The second kappa shape index (κ2) is 12.4. The first-order chi connectivity index (χ1) is 19.1. The minimum Gasteiger partial charge on any atom is -0.404 e. The van der Waals surface area contributed by atoms with Gasteiger partial charge in [0.2, 0.25) is 11.8 Å². The molecule has 4 amide bonds. The number of ether oxygens (including phenoxy) is 2. The van der Waals surface area contributed by atoms with Gasteiger partial charge < -0.3 is 9.47 Å². The van der Waals surface area contributed by atoms with Gasteiger partial charge in [0, 0.05) is 38.1 Å². The molecule has 1 aromatic heterocycles. The molecule has 0 N–H and O–H groups in total. The Labute approximate surface area is 232 Å². The lowest BCUT2D eigenvalue weighted by molar-refractivity contribution is -0.132. The molecule has 11 heteroatoms. The maximum absolute atomic E-state index is 13.0. The molecule has 0 saturated carbocycles. The minimum absolute atomic E-state index is 0.0500. The summed E-state index contributed by atoms with van der Waals surface area (Å²) in [6.45, 7) is 4.71. The van der Waals surface area contributed by atoms with E-state index >= 15 is 0 Å². The second-order valence-corrected chi connectivity index (χ2v) is 9.71. The van der Waals surface area contributed by atoms with Gasteiger partial charge in [0.1, 0.15) is 0 Å². The lowest BCUT2D eigenvalue weighted by Crippen LogP contribution is -2.54. The van der Waals surface area contributed by atoms with Crippen LogP contribution >= 0.6 is 0 Å². The van der Waals surface area contributed by atoms with E-state index in [0.29, 0.717) is 17.9 Å². The van der Waals surface area contributed by atoms with Gasteiger partial charge in [0.05, 0.1) is 25.0 Å². The fourth-order valence-electron chi connectivity index (χ4n) is 4.17. The Morgan fingerprint density at radius 3 is 1.85 bits per heavy atom. The number of pyridine rings is 1. The zero-order valence-corrected chi connectivity index (χ0v) is 22.8. The van der Waals surface area contributed by atoms with Crippen LogP contribution in [0.4, 0.5) is 26.7 Å². The summed E-state index contributed by atoms with van der Waals surface area (Å²) in [4.78, 5) is 61.3. The molecule has 40 heavy (non-hydrogen) atoms. The van der Waals surface area contributed by atoms with E-state index in [4.69, 9.17) is 9.47 Å². The van der Waals surface area contributed by atoms with Crippen LogP contribution in [-0.4, -0.2) is 67.6 Å². The number of carbonyl (C=O) groups is 4. The van der Waals surface area contributed by atoms with Gasteiger partial charge in [-0.2, -0.15) is 0 Å². The zero-order chi connectivity index (χ0) is 28.8. The number of amides is 4. The molecular formula is C29H31N5O6. The molecule has 0 spiro atoms.